The Bertz CT molecular complexity index is 1070. The van der Waals surface area contributed by atoms with Gasteiger partial charge in [0, 0.05) is 38.1 Å². The third kappa shape index (κ3) is 40.0. The molecular weight excluding hydrogens is 801 g/mol. The maximum absolute atomic E-state index is 14.3. The number of hydrogen-bond donors (Lipinski definition) is 0. The van der Waals surface area contributed by atoms with Crippen molar-refractivity contribution in [3.05, 3.63) is 24.3 Å². The molecule has 384 valence electrons. The molecule has 0 rings (SSSR count). The van der Waals surface area contributed by atoms with E-state index in [-0.39, 0.29) is 11.9 Å². The molecule has 6 nitrogen and oxygen atoms in total. The van der Waals surface area contributed by atoms with Crippen molar-refractivity contribution in [3.8, 4) is 0 Å². The molecule has 6 heteroatoms. The standard InChI is InChI=1S/C59H114N2O4/c1-9-15-20-28-35-43-54(41-18-12-4)52-64-51-39-32-27-23-25-30-37-47-57(61(50-40-49-60(7)8)59(63)56(14-6)45-33-17-11-3)46-36-29-24-22-26-31-38-48-58(62)65-53-55(42-19-13-5)44-34-21-16-10-2/h11,15,17,20,54-57H,9-10,12-14,16,18-19,21-53H2,1-8H3/b17-11+,20-15+. The quantitative estimate of drug-likeness (QED) is 0.0346. The first kappa shape index (κ1) is 63.3. The first-order valence-corrected chi connectivity index (χ1v) is 28.7. The number of nitrogens with zero attached hydrogens (tertiary/aromatic N) is 2. The van der Waals surface area contributed by atoms with E-state index in [2.05, 4.69) is 89.7 Å². The number of ether oxygens (including phenoxy) is 2. The van der Waals surface area contributed by atoms with Gasteiger partial charge in [0.15, 0.2) is 0 Å². The van der Waals surface area contributed by atoms with Gasteiger partial charge in [0.2, 0.25) is 5.91 Å². The molecule has 0 aliphatic carbocycles. The van der Waals surface area contributed by atoms with E-state index < -0.39 is 0 Å². The Balaban J connectivity index is 4.96. The van der Waals surface area contributed by atoms with Gasteiger partial charge in [0.05, 0.1) is 6.61 Å². The molecule has 65 heavy (non-hydrogen) atoms. The van der Waals surface area contributed by atoms with E-state index in [1.165, 1.54) is 167 Å². The summed E-state index contributed by atoms with van der Waals surface area (Å²) >= 11 is 0. The fourth-order valence-corrected chi connectivity index (χ4v) is 9.50. The van der Waals surface area contributed by atoms with Crippen molar-refractivity contribution in [1.82, 2.24) is 9.80 Å². The van der Waals surface area contributed by atoms with Gasteiger partial charge < -0.3 is 19.3 Å². The first-order valence-electron chi connectivity index (χ1n) is 28.7. The highest BCUT2D eigenvalue weighted by atomic mass is 16.5. The van der Waals surface area contributed by atoms with Gasteiger partial charge in [0.1, 0.15) is 0 Å². The summed E-state index contributed by atoms with van der Waals surface area (Å²) < 4.78 is 12.0. The van der Waals surface area contributed by atoms with Crippen LogP contribution < -0.4 is 0 Å². The van der Waals surface area contributed by atoms with Crippen LogP contribution in [-0.4, -0.2) is 74.7 Å². The van der Waals surface area contributed by atoms with Crippen LogP contribution >= 0.6 is 0 Å². The summed E-state index contributed by atoms with van der Waals surface area (Å²) in [6, 6.07) is 0.343. The number of amides is 1. The van der Waals surface area contributed by atoms with Crippen molar-refractivity contribution in [2.75, 3.05) is 47.0 Å². The maximum atomic E-state index is 14.3. The Morgan fingerprint density at radius 2 is 1.05 bits per heavy atom. The number of carbonyl (C=O) groups excluding carboxylic acids is 2. The van der Waals surface area contributed by atoms with E-state index in [9.17, 15) is 9.59 Å². The lowest BCUT2D eigenvalue weighted by Gasteiger charge is -2.35. The van der Waals surface area contributed by atoms with Gasteiger partial charge in [-0.3, -0.25) is 9.59 Å². The van der Waals surface area contributed by atoms with E-state index in [0.29, 0.717) is 30.9 Å². The molecule has 1 amide bonds. The number of esters is 1. The van der Waals surface area contributed by atoms with Crippen LogP contribution in [0.15, 0.2) is 24.3 Å². The zero-order valence-corrected chi connectivity index (χ0v) is 45.1. The molecule has 0 fully saturated rings. The van der Waals surface area contributed by atoms with Crippen molar-refractivity contribution in [3.63, 3.8) is 0 Å². The predicted octanol–water partition coefficient (Wildman–Crippen LogP) is 17.4. The lowest BCUT2D eigenvalue weighted by molar-refractivity contribution is -0.145. The largest absolute Gasteiger partial charge is 0.465 e. The van der Waals surface area contributed by atoms with Crippen LogP contribution in [-0.2, 0) is 19.1 Å². The molecule has 0 spiro atoms. The van der Waals surface area contributed by atoms with E-state index >= 15 is 0 Å². The smallest absolute Gasteiger partial charge is 0.305 e. The Morgan fingerprint density at radius 3 is 1.63 bits per heavy atom. The molecule has 0 aromatic rings. The second-order valence-corrected chi connectivity index (χ2v) is 20.3. The van der Waals surface area contributed by atoms with Crippen molar-refractivity contribution in [2.24, 2.45) is 17.8 Å². The lowest BCUT2D eigenvalue weighted by Crippen LogP contribution is -2.44. The highest BCUT2D eigenvalue weighted by molar-refractivity contribution is 5.79. The molecular formula is C59H114N2O4. The van der Waals surface area contributed by atoms with E-state index in [0.717, 1.165) is 90.0 Å². The average Bonchev–Trinajstić information content (AvgIpc) is 3.30. The van der Waals surface area contributed by atoms with Crippen LogP contribution in [0.1, 0.15) is 273 Å². The molecule has 0 aliphatic heterocycles. The third-order valence-electron chi connectivity index (χ3n) is 13.8. The number of carbonyl (C=O) groups is 2. The molecule has 0 N–H and O–H groups in total. The van der Waals surface area contributed by atoms with Crippen LogP contribution in [0.4, 0.5) is 0 Å². The van der Waals surface area contributed by atoms with Gasteiger partial charge in [-0.2, -0.15) is 0 Å². The number of unbranched alkanes of at least 4 members (excludes halogenated alkanes) is 18. The first-order chi connectivity index (χ1) is 31.8. The lowest BCUT2D eigenvalue weighted by atomic mass is 9.94. The molecule has 0 aromatic heterocycles. The van der Waals surface area contributed by atoms with E-state index in [1.807, 2.05) is 0 Å². The van der Waals surface area contributed by atoms with Crippen LogP contribution in [0, 0.1) is 17.8 Å². The third-order valence-corrected chi connectivity index (χ3v) is 13.8. The van der Waals surface area contributed by atoms with Crippen molar-refractivity contribution in [1.29, 1.82) is 0 Å². The minimum Gasteiger partial charge on any atom is -0.465 e. The Kier molecular flexibility index (Phi) is 47.5. The fourth-order valence-electron chi connectivity index (χ4n) is 9.50. The number of rotatable bonds is 50. The Hall–Kier alpha value is -1.66. The predicted molar refractivity (Wildman–Crippen MR) is 285 cm³/mol. The minimum atomic E-state index is 0.00638. The van der Waals surface area contributed by atoms with Gasteiger partial charge >= 0.3 is 5.97 Å². The maximum Gasteiger partial charge on any atom is 0.305 e. The molecule has 0 saturated carbocycles. The summed E-state index contributed by atoms with van der Waals surface area (Å²) in [4.78, 5) is 31.5. The van der Waals surface area contributed by atoms with Crippen molar-refractivity contribution < 1.29 is 19.1 Å². The fraction of sp³-hybridized carbons (Fsp3) is 0.898. The summed E-state index contributed by atoms with van der Waals surface area (Å²) in [5.74, 6) is 1.79. The SMILES string of the molecule is C/C=C/CCC(CC)C(=O)N(CCCN(C)C)C(CCCCCCCCCOCC(CCCC)CCC/C=C/CC)CCCCCCCCCC(=O)OCC(CCCC)CCCCCC. The number of allylic oxidation sites excluding steroid dienone is 4. The summed E-state index contributed by atoms with van der Waals surface area (Å²) in [5, 5.41) is 0. The Morgan fingerprint density at radius 1 is 0.508 bits per heavy atom. The molecule has 0 aromatic carbocycles. The minimum absolute atomic E-state index is 0.00638. The molecule has 0 radical (unpaired) electrons. The highest BCUT2D eigenvalue weighted by Crippen LogP contribution is 2.25. The molecule has 4 atom stereocenters. The Labute approximate surface area is 407 Å². The van der Waals surface area contributed by atoms with Crippen LogP contribution in [0.5, 0.6) is 0 Å². The van der Waals surface area contributed by atoms with Crippen molar-refractivity contribution in [2.45, 2.75) is 279 Å². The molecule has 4 unspecified atom stereocenters. The van der Waals surface area contributed by atoms with Crippen LogP contribution in [0.2, 0.25) is 0 Å². The zero-order chi connectivity index (χ0) is 47.9. The van der Waals surface area contributed by atoms with Crippen molar-refractivity contribution >= 4 is 11.9 Å². The van der Waals surface area contributed by atoms with Gasteiger partial charge in [-0.05, 0) is 136 Å². The van der Waals surface area contributed by atoms with Gasteiger partial charge in [-0.25, -0.2) is 0 Å². The van der Waals surface area contributed by atoms with Gasteiger partial charge in [-0.1, -0.05) is 187 Å². The average molecular weight is 916 g/mol. The molecule has 0 saturated heterocycles. The summed E-state index contributed by atoms with van der Waals surface area (Å²) in [6.07, 6.45) is 51.5. The van der Waals surface area contributed by atoms with Crippen LogP contribution in [0.3, 0.4) is 0 Å². The molecule has 0 bridgehead atoms. The van der Waals surface area contributed by atoms with E-state index in [1.54, 1.807) is 0 Å². The van der Waals surface area contributed by atoms with Gasteiger partial charge in [0.25, 0.3) is 0 Å². The van der Waals surface area contributed by atoms with E-state index in [4.69, 9.17) is 9.47 Å². The highest BCUT2D eigenvalue weighted by Gasteiger charge is 2.28. The van der Waals surface area contributed by atoms with Gasteiger partial charge in [-0.15, -0.1) is 0 Å². The summed E-state index contributed by atoms with van der Waals surface area (Å²) in [7, 11) is 4.29. The summed E-state index contributed by atoms with van der Waals surface area (Å²) in [5.41, 5.74) is 0. The normalized spacial score (nSPS) is 13.9. The summed E-state index contributed by atoms with van der Waals surface area (Å²) in [6.45, 7) is 17.7. The zero-order valence-electron chi connectivity index (χ0n) is 45.1. The topological polar surface area (TPSA) is 59.1 Å². The molecule has 0 heterocycles. The number of hydrogen-bond acceptors (Lipinski definition) is 5. The molecule has 0 aliphatic rings. The van der Waals surface area contributed by atoms with Crippen LogP contribution in [0.25, 0.3) is 0 Å². The monoisotopic (exact) mass is 915 g/mol. The second-order valence-electron chi connectivity index (χ2n) is 20.3. The second kappa shape index (κ2) is 48.8.